The van der Waals surface area contributed by atoms with Crippen LogP contribution in [-0.2, 0) is 4.79 Å². The predicted molar refractivity (Wildman–Crippen MR) is 77.3 cm³/mol. The molecule has 0 bridgehead atoms. The number of para-hydroxylation sites is 1. The number of hydrogen-bond donors (Lipinski definition) is 1. The number of anilines is 1. The predicted octanol–water partition coefficient (Wildman–Crippen LogP) is 4.02. The lowest BCUT2D eigenvalue weighted by Gasteiger charge is -2.12. The van der Waals surface area contributed by atoms with Crippen molar-refractivity contribution >= 4 is 34.1 Å². The van der Waals surface area contributed by atoms with E-state index < -0.39 is 0 Å². The van der Waals surface area contributed by atoms with Crippen molar-refractivity contribution in [1.82, 2.24) is 4.98 Å². The summed E-state index contributed by atoms with van der Waals surface area (Å²) in [5.41, 5.74) is 1.56. The summed E-state index contributed by atoms with van der Waals surface area (Å²) in [7, 11) is 0. The molecule has 3 rings (SSSR count). The van der Waals surface area contributed by atoms with E-state index in [1.165, 1.54) is 0 Å². The third-order valence-corrected chi connectivity index (χ3v) is 3.86. The van der Waals surface area contributed by atoms with Gasteiger partial charge in [0.2, 0.25) is 5.91 Å². The standard InChI is InChI=1S/C15H15ClN2O/c16-14-9-13(11-7-3-4-8-12(11)17-14)18-15(19)10-5-1-2-6-10/h3-4,7-10H,1-2,5-6H2,(H,17,18,19). The van der Waals surface area contributed by atoms with Crippen molar-refractivity contribution in [3.05, 3.63) is 35.5 Å². The first-order chi connectivity index (χ1) is 9.24. The molecule has 1 aromatic carbocycles. The smallest absolute Gasteiger partial charge is 0.227 e. The van der Waals surface area contributed by atoms with Gasteiger partial charge in [-0.3, -0.25) is 4.79 Å². The highest BCUT2D eigenvalue weighted by Crippen LogP contribution is 2.29. The maximum absolute atomic E-state index is 12.2. The molecule has 0 atom stereocenters. The highest BCUT2D eigenvalue weighted by atomic mass is 35.5. The second kappa shape index (κ2) is 5.17. The maximum Gasteiger partial charge on any atom is 0.227 e. The zero-order valence-electron chi connectivity index (χ0n) is 10.5. The topological polar surface area (TPSA) is 42.0 Å². The second-order valence-corrected chi connectivity index (χ2v) is 5.37. The molecule has 0 radical (unpaired) electrons. The van der Waals surface area contributed by atoms with Crippen LogP contribution in [-0.4, -0.2) is 10.9 Å². The number of hydrogen-bond acceptors (Lipinski definition) is 2. The summed E-state index contributed by atoms with van der Waals surface area (Å²) < 4.78 is 0. The molecule has 1 fully saturated rings. The quantitative estimate of drug-likeness (QED) is 0.841. The molecular formula is C15H15ClN2O. The van der Waals surface area contributed by atoms with Gasteiger partial charge in [0.15, 0.2) is 0 Å². The molecule has 1 aliphatic rings. The summed E-state index contributed by atoms with van der Waals surface area (Å²) >= 11 is 6.00. The Morgan fingerprint density at radius 3 is 2.79 bits per heavy atom. The SMILES string of the molecule is O=C(Nc1cc(Cl)nc2ccccc12)C1CCCC1. The summed E-state index contributed by atoms with van der Waals surface area (Å²) in [5, 5.41) is 4.34. The largest absolute Gasteiger partial charge is 0.325 e. The molecule has 1 aliphatic carbocycles. The normalized spacial score (nSPS) is 15.8. The van der Waals surface area contributed by atoms with Gasteiger partial charge in [-0.2, -0.15) is 0 Å². The van der Waals surface area contributed by atoms with Crippen LogP contribution in [0.4, 0.5) is 5.69 Å². The zero-order valence-corrected chi connectivity index (χ0v) is 11.3. The van der Waals surface area contributed by atoms with Crippen LogP contribution in [0, 0.1) is 5.92 Å². The minimum Gasteiger partial charge on any atom is -0.325 e. The molecule has 2 aromatic rings. The van der Waals surface area contributed by atoms with Crippen LogP contribution >= 0.6 is 11.6 Å². The molecule has 98 valence electrons. The van der Waals surface area contributed by atoms with Crippen molar-refractivity contribution in [2.24, 2.45) is 5.92 Å². The number of halogens is 1. The molecule has 0 unspecified atom stereocenters. The zero-order chi connectivity index (χ0) is 13.2. The Kier molecular flexibility index (Phi) is 3.38. The number of carbonyl (C=O) groups is 1. The van der Waals surface area contributed by atoms with Gasteiger partial charge in [-0.1, -0.05) is 42.6 Å². The lowest BCUT2D eigenvalue weighted by atomic mass is 10.1. The van der Waals surface area contributed by atoms with Crippen molar-refractivity contribution in [2.75, 3.05) is 5.32 Å². The number of rotatable bonds is 2. The Labute approximate surface area is 117 Å². The molecular weight excluding hydrogens is 260 g/mol. The van der Waals surface area contributed by atoms with Crippen molar-refractivity contribution < 1.29 is 4.79 Å². The molecule has 4 heteroatoms. The van der Waals surface area contributed by atoms with Crippen LogP contribution in [0.25, 0.3) is 10.9 Å². The summed E-state index contributed by atoms with van der Waals surface area (Å²) in [6.45, 7) is 0. The van der Waals surface area contributed by atoms with Crippen molar-refractivity contribution in [1.29, 1.82) is 0 Å². The van der Waals surface area contributed by atoms with Crippen LogP contribution in [0.3, 0.4) is 0 Å². The van der Waals surface area contributed by atoms with Crippen LogP contribution in [0.5, 0.6) is 0 Å². The third-order valence-electron chi connectivity index (χ3n) is 3.67. The highest BCUT2D eigenvalue weighted by Gasteiger charge is 2.23. The van der Waals surface area contributed by atoms with Crippen molar-refractivity contribution in [2.45, 2.75) is 25.7 Å². The lowest BCUT2D eigenvalue weighted by molar-refractivity contribution is -0.119. The molecule has 1 heterocycles. The minimum atomic E-state index is 0.102. The fourth-order valence-electron chi connectivity index (χ4n) is 2.67. The Morgan fingerprint density at radius 2 is 2.00 bits per heavy atom. The average Bonchev–Trinajstić information content (AvgIpc) is 2.92. The average molecular weight is 275 g/mol. The molecule has 0 saturated heterocycles. The minimum absolute atomic E-state index is 0.102. The Bertz CT molecular complexity index is 621. The summed E-state index contributed by atoms with van der Waals surface area (Å²) in [4.78, 5) is 16.5. The first-order valence-corrected chi connectivity index (χ1v) is 6.98. The molecule has 1 amide bonds. The van der Waals surface area contributed by atoms with Crippen LogP contribution < -0.4 is 5.32 Å². The van der Waals surface area contributed by atoms with E-state index >= 15 is 0 Å². The van der Waals surface area contributed by atoms with Gasteiger partial charge in [-0.15, -0.1) is 0 Å². The molecule has 3 nitrogen and oxygen atoms in total. The number of carbonyl (C=O) groups excluding carboxylic acids is 1. The fourth-order valence-corrected chi connectivity index (χ4v) is 2.87. The van der Waals surface area contributed by atoms with Crippen molar-refractivity contribution in [3.8, 4) is 0 Å². The van der Waals surface area contributed by atoms with Gasteiger partial charge < -0.3 is 5.32 Å². The molecule has 1 saturated carbocycles. The monoisotopic (exact) mass is 274 g/mol. The number of pyridine rings is 1. The van der Waals surface area contributed by atoms with Crippen LogP contribution in [0.2, 0.25) is 5.15 Å². The molecule has 1 aromatic heterocycles. The van der Waals surface area contributed by atoms with Gasteiger partial charge in [0.25, 0.3) is 0 Å². The fraction of sp³-hybridized carbons (Fsp3) is 0.333. The van der Waals surface area contributed by atoms with Crippen molar-refractivity contribution in [3.63, 3.8) is 0 Å². The molecule has 1 N–H and O–H groups in total. The number of nitrogens with zero attached hydrogens (tertiary/aromatic N) is 1. The summed E-state index contributed by atoms with van der Waals surface area (Å²) in [5.74, 6) is 0.246. The van der Waals surface area contributed by atoms with E-state index in [4.69, 9.17) is 11.6 Å². The number of nitrogens with one attached hydrogen (secondary N) is 1. The van der Waals surface area contributed by atoms with Crippen LogP contribution in [0.1, 0.15) is 25.7 Å². The van der Waals surface area contributed by atoms with E-state index in [1.807, 2.05) is 24.3 Å². The Balaban J connectivity index is 1.93. The Hall–Kier alpha value is -1.61. The number of benzene rings is 1. The molecule has 0 aliphatic heterocycles. The van der Waals surface area contributed by atoms with E-state index in [2.05, 4.69) is 10.3 Å². The summed E-state index contributed by atoms with van der Waals surface area (Å²) in [6.07, 6.45) is 4.27. The van der Waals surface area contributed by atoms with E-state index in [-0.39, 0.29) is 11.8 Å². The van der Waals surface area contributed by atoms with E-state index in [9.17, 15) is 4.79 Å². The maximum atomic E-state index is 12.2. The van der Waals surface area contributed by atoms with Gasteiger partial charge in [0.1, 0.15) is 5.15 Å². The van der Waals surface area contributed by atoms with Gasteiger partial charge in [0, 0.05) is 11.3 Å². The van der Waals surface area contributed by atoms with Gasteiger partial charge in [-0.05, 0) is 25.0 Å². The summed E-state index contributed by atoms with van der Waals surface area (Å²) in [6, 6.07) is 9.41. The van der Waals surface area contributed by atoms with E-state index in [0.717, 1.165) is 42.3 Å². The van der Waals surface area contributed by atoms with E-state index in [0.29, 0.717) is 5.15 Å². The molecule has 0 spiro atoms. The van der Waals surface area contributed by atoms with Gasteiger partial charge in [0.05, 0.1) is 11.2 Å². The lowest BCUT2D eigenvalue weighted by Crippen LogP contribution is -2.20. The number of amides is 1. The van der Waals surface area contributed by atoms with Gasteiger partial charge in [-0.25, -0.2) is 4.98 Å². The first kappa shape index (κ1) is 12.4. The third kappa shape index (κ3) is 2.56. The number of fused-ring (bicyclic) bond motifs is 1. The van der Waals surface area contributed by atoms with E-state index in [1.54, 1.807) is 6.07 Å². The first-order valence-electron chi connectivity index (χ1n) is 6.60. The molecule has 19 heavy (non-hydrogen) atoms. The number of aromatic nitrogens is 1. The highest BCUT2D eigenvalue weighted by molar-refractivity contribution is 6.30. The van der Waals surface area contributed by atoms with Crippen LogP contribution in [0.15, 0.2) is 30.3 Å². The Morgan fingerprint density at radius 1 is 1.26 bits per heavy atom. The second-order valence-electron chi connectivity index (χ2n) is 4.98. The van der Waals surface area contributed by atoms with Gasteiger partial charge >= 0.3 is 0 Å².